The van der Waals surface area contributed by atoms with Gasteiger partial charge in [0.1, 0.15) is 24.0 Å². The van der Waals surface area contributed by atoms with Gasteiger partial charge in [0.25, 0.3) is 11.6 Å². The predicted octanol–water partition coefficient (Wildman–Crippen LogP) is 6.68. The fraction of sp³-hybridized carbons (Fsp3) is 0.0435. The normalized spacial score (nSPS) is 10.9. The lowest BCUT2D eigenvalue weighted by atomic mass is 10.1. The van der Waals surface area contributed by atoms with E-state index in [0.717, 1.165) is 17.7 Å². The first-order valence-corrected chi connectivity index (χ1v) is 10.4. The molecule has 1 N–H and O–H groups in total. The van der Waals surface area contributed by atoms with E-state index in [-0.39, 0.29) is 27.0 Å². The highest BCUT2D eigenvalue weighted by Crippen LogP contribution is 2.35. The number of benzene rings is 3. The van der Waals surface area contributed by atoms with Crippen molar-refractivity contribution in [3.05, 3.63) is 103 Å². The zero-order valence-electron chi connectivity index (χ0n) is 16.7. The molecule has 33 heavy (non-hydrogen) atoms. The minimum absolute atomic E-state index is 0.0323. The predicted molar refractivity (Wildman–Crippen MR) is 128 cm³/mol. The Balaban J connectivity index is 1.76. The zero-order valence-corrected chi connectivity index (χ0v) is 19.0. The molecule has 0 fully saturated rings. The molecule has 7 nitrogen and oxygen atoms in total. The van der Waals surface area contributed by atoms with Crippen LogP contribution < -0.4 is 10.1 Å². The standard InChI is InChI=1S/C23H14Cl3N3O4/c24-17-6-4-14(5-7-17)13-33-19-3-1-2-15(9-19)8-16(12-27)23(30)28-22-20(25)10-18(29(31)32)11-21(22)26/h1-11H,13H2,(H,28,30)/b16-8+. The highest BCUT2D eigenvalue weighted by Gasteiger charge is 2.18. The van der Waals surface area contributed by atoms with Crippen LogP contribution >= 0.6 is 34.8 Å². The molecule has 0 aliphatic rings. The van der Waals surface area contributed by atoms with Gasteiger partial charge in [0.15, 0.2) is 0 Å². The maximum absolute atomic E-state index is 12.6. The Morgan fingerprint density at radius 3 is 2.36 bits per heavy atom. The molecule has 0 aliphatic heterocycles. The third-order valence-electron chi connectivity index (χ3n) is 4.33. The van der Waals surface area contributed by atoms with Crippen LogP contribution in [0.4, 0.5) is 11.4 Å². The summed E-state index contributed by atoms with van der Waals surface area (Å²) in [6, 6.07) is 18.0. The molecule has 0 unspecified atom stereocenters. The first kappa shape index (κ1) is 24.1. The highest BCUT2D eigenvalue weighted by atomic mass is 35.5. The van der Waals surface area contributed by atoms with E-state index in [1.807, 2.05) is 18.2 Å². The van der Waals surface area contributed by atoms with E-state index < -0.39 is 10.8 Å². The summed E-state index contributed by atoms with van der Waals surface area (Å²) in [4.78, 5) is 22.8. The second kappa shape index (κ2) is 10.8. The number of nitrogens with zero attached hydrogens (tertiary/aromatic N) is 2. The Bertz CT molecular complexity index is 1260. The average Bonchev–Trinajstić information content (AvgIpc) is 2.79. The number of nitrogens with one attached hydrogen (secondary N) is 1. The number of nitriles is 1. The molecule has 0 bridgehead atoms. The second-order valence-corrected chi connectivity index (χ2v) is 7.90. The minimum Gasteiger partial charge on any atom is -0.489 e. The summed E-state index contributed by atoms with van der Waals surface area (Å²) in [6.07, 6.45) is 1.37. The number of carbonyl (C=O) groups is 1. The molecule has 3 rings (SSSR count). The monoisotopic (exact) mass is 501 g/mol. The lowest BCUT2D eigenvalue weighted by molar-refractivity contribution is -0.384. The van der Waals surface area contributed by atoms with Crippen molar-refractivity contribution in [2.24, 2.45) is 0 Å². The number of carbonyl (C=O) groups excluding carboxylic acids is 1. The number of ether oxygens (including phenoxy) is 1. The molecule has 3 aromatic rings. The van der Waals surface area contributed by atoms with Gasteiger partial charge in [-0.3, -0.25) is 14.9 Å². The molecule has 1 amide bonds. The molecular formula is C23H14Cl3N3O4. The molecule has 0 heterocycles. The number of anilines is 1. The Morgan fingerprint density at radius 1 is 1.09 bits per heavy atom. The molecule has 166 valence electrons. The van der Waals surface area contributed by atoms with Crippen LogP contribution in [-0.4, -0.2) is 10.8 Å². The quantitative estimate of drug-likeness (QED) is 0.168. The summed E-state index contributed by atoms with van der Waals surface area (Å²) in [5.41, 5.74) is 0.894. The van der Waals surface area contributed by atoms with Crippen molar-refractivity contribution in [2.75, 3.05) is 5.32 Å². The van der Waals surface area contributed by atoms with Gasteiger partial charge in [0.05, 0.1) is 20.7 Å². The van der Waals surface area contributed by atoms with Crippen LogP contribution in [0.15, 0.2) is 66.2 Å². The first-order valence-electron chi connectivity index (χ1n) is 9.30. The number of hydrogen-bond acceptors (Lipinski definition) is 5. The Kier molecular flexibility index (Phi) is 7.91. The molecule has 0 aliphatic carbocycles. The minimum atomic E-state index is -0.775. The highest BCUT2D eigenvalue weighted by molar-refractivity contribution is 6.40. The van der Waals surface area contributed by atoms with E-state index in [2.05, 4.69) is 5.32 Å². The van der Waals surface area contributed by atoms with Gasteiger partial charge in [-0.2, -0.15) is 5.26 Å². The Hall–Kier alpha value is -3.57. The van der Waals surface area contributed by atoms with E-state index in [1.165, 1.54) is 6.08 Å². The van der Waals surface area contributed by atoms with Crippen molar-refractivity contribution in [2.45, 2.75) is 6.61 Å². The number of amides is 1. The van der Waals surface area contributed by atoms with Crippen molar-refractivity contribution >= 4 is 58.2 Å². The smallest absolute Gasteiger partial charge is 0.272 e. The van der Waals surface area contributed by atoms with E-state index in [0.29, 0.717) is 22.9 Å². The molecule has 0 atom stereocenters. The third-order valence-corrected chi connectivity index (χ3v) is 5.18. The molecule has 10 heteroatoms. The fourth-order valence-corrected chi connectivity index (χ4v) is 3.42. The molecule has 0 radical (unpaired) electrons. The summed E-state index contributed by atoms with van der Waals surface area (Å²) in [5.74, 6) is -0.236. The number of hydrogen-bond donors (Lipinski definition) is 1. The molecule has 0 spiro atoms. The van der Waals surface area contributed by atoms with Crippen molar-refractivity contribution in [3.63, 3.8) is 0 Å². The van der Waals surface area contributed by atoms with Gasteiger partial charge in [-0.05, 0) is 41.5 Å². The maximum atomic E-state index is 12.6. The van der Waals surface area contributed by atoms with Gasteiger partial charge in [0, 0.05) is 17.2 Å². The fourth-order valence-electron chi connectivity index (χ4n) is 2.72. The Morgan fingerprint density at radius 2 is 1.76 bits per heavy atom. The molecule has 3 aromatic carbocycles. The van der Waals surface area contributed by atoms with Gasteiger partial charge in [-0.25, -0.2) is 0 Å². The second-order valence-electron chi connectivity index (χ2n) is 6.65. The summed E-state index contributed by atoms with van der Waals surface area (Å²) < 4.78 is 5.76. The van der Waals surface area contributed by atoms with Crippen LogP contribution in [0.5, 0.6) is 5.75 Å². The van der Waals surface area contributed by atoms with Gasteiger partial charge in [-0.1, -0.05) is 59.1 Å². The lowest BCUT2D eigenvalue weighted by Crippen LogP contribution is -2.14. The van der Waals surface area contributed by atoms with Crippen LogP contribution in [0.25, 0.3) is 6.08 Å². The SMILES string of the molecule is N#C/C(=C\c1cccc(OCc2ccc(Cl)cc2)c1)C(=O)Nc1c(Cl)cc([N+](=O)[O-])cc1Cl. The van der Waals surface area contributed by atoms with E-state index >= 15 is 0 Å². The summed E-state index contributed by atoms with van der Waals surface area (Å²) in [5, 5.41) is 23.2. The molecular weight excluding hydrogens is 489 g/mol. The van der Waals surface area contributed by atoms with Gasteiger partial charge in [0.2, 0.25) is 0 Å². The average molecular weight is 503 g/mol. The molecule has 0 aromatic heterocycles. The van der Waals surface area contributed by atoms with Crippen molar-refractivity contribution in [1.29, 1.82) is 5.26 Å². The number of nitro groups is 1. The van der Waals surface area contributed by atoms with Gasteiger partial charge in [-0.15, -0.1) is 0 Å². The topological polar surface area (TPSA) is 105 Å². The van der Waals surface area contributed by atoms with Crippen molar-refractivity contribution in [3.8, 4) is 11.8 Å². The molecule has 0 saturated heterocycles. The van der Waals surface area contributed by atoms with E-state index in [9.17, 15) is 20.2 Å². The van der Waals surface area contributed by atoms with Crippen LogP contribution in [-0.2, 0) is 11.4 Å². The number of nitro benzene ring substituents is 1. The lowest BCUT2D eigenvalue weighted by Gasteiger charge is -2.09. The van der Waals surface area contributed by atoms with Crippen LogP contribution in [0.2, 0.25) is 15.1 Å². The van der Waals surface area contributed by atoms with Crippen LogP contribution in [0, 0.1) is 21.4 Å². The van der Waals surface area contributed by atoms with Crippen molar-refractivity contribution in [1.82, 2.24) is 0 Å². The number of halogens is 3. The number of rotatable bonds is 7. The van der Waals surface area contributed by atoms with E-state index in [1.54, 1.807) is 36.4 Å². The zero-order chi connectivity index (χ0) is 24.0. The molecule has 0 saturated carbocycles. The van der Waals surface area contributed by atoms with Crippen LogP contribution in [0.1, 0.15) is 11.1 Å². The van der Waals surface area contributed by atoms with Gasteiger partial charge < -0.3 is 10.1 Å². The number of non-ortho nitro benzene ring substituents is 1. The summed E-state index contributed by atoms with van der Waals surface area (Å²) >= 11 is 17.9. The van der Waals surface area contributed by atoms with Gasteiger partial charge >= 0.3 is 0 Å². The largest absolute Gasteiger partial charge is 0.489 e. The summed E-state index contributed by atoms with van der Waals surface area (Å²) in [7, 11) is 0. The van der Waals surface area contributed by atoms with Crippen LogP contribution in [0.3, 0.4) is 0 Å². The third kappa shape index (κ3) is 6.46. The van der Waals surface area contributed by atoms with E-state index in [4.69, 9.17) is 39.5 Å². The first-order chi connectivity index (χ1) is 15.8. The maximum Gasteiger partial charge on any atom is 0.272 e. The summed E-state index contributed by atoms with van der Waals surface area (Å²) in [6.45, 7) is 0.313. The Labute approximate surface area is 203 Å². The van der Waals surface area contributed by atoms with Crippen molar-refractivity contribution < 1.29 is 14.5 Å².